The van der Waals surface area contributed by atoms with Gasteiger partial charge in [0.2, 0.25) is 0 Å². The monoisotopic (exact) mass is 308 g/mol. The fraction of sp³-hybridized carbons (Fsp3) is 0.688. The second-order valence-electron chi connectivity index (χ2n) is 5.90. The third-order valence-corrected chi connectivity index (χ3v) is 5.22. The minimum Gasteiger partial charge on any atom is -0.379 e. The smallest absolute Gasteiger partial charge is 0.254 e. The highest BCUT2D eigenvalue weighted by Gasteiger charge is 2.28. The predicted molar refractivity (Wildman–Crippen MR) is 84.9 cm³/mol. The molecule has 5 heteroatoms. The standard InChI is InChI=1S/C16H24N2O2S/c19-16(14-5-12-21-13-14)18-6-2-1-3-15(18)4-7-17-8-10-20-11-9-17/h5,12-13,15H,1-4,6-11H2/t15-/m0/s1. The number of morpholine rings is 1. The van der Waals surface area contributed by atoms with Crippen LogP contribution in [0.4, 0.5) is 0 Å². The first-order valence-electron chi connectivity index (χ1n) is 7.98. The third kappa shape index (κ3) is 3.84. The zero-order valence-electron chi connectivity index (χ0n) is 12.5. The number of thiophene rings is 1. The van der Waals surface area contributed by atoms with Gasteiger partial charge >= 0.3 is 0 Å². The maximum absolute atomic E-state index is 12.6. The van der Waals surface area contributed by atoms with Gasteiger partial charge in [-0.1, -0.05) is 0 Å². The Labute approximate surface area is 130 Å². The fourth-order valence-corrected chi connectivity index (χ4v) is 3.91. The molecule has 2 saturated heterocycles. The number of nitrogens with zero attached hydrogens (tertiary/aromatic N) is 2. The Morgan fingerprint density at radius 2 is 2.14 bits per heavy atom. The van der Waals surface area contributed by atoms with Crippen LogP contribution in [0, 0.1) is 0 Å². The van der Waals surface area contributed by atoms with Crippen LogP contribution in [0.1, 0.15) is 36.0 Å². The molecular weight excluding hydrogens is 284 g/mol. The SMILES string of the molecule is O=C(c1ccsc1)N1CCCC[C@H]1CCN1CCOCC1. The Balaban J connectivity index is 1.57. The van der Waals surface area contributed by atoms with Gasteiger partial charge in [-0.3, -0.25) is 9.69 Å². The molecule has 2 fully saturated rings. The first-order valence-corrected chi connectivity index (χ1v) is 8.92. The molecule has 3 heterocycles. The van der Waals surface area contributed by atoms with E-state index >= 15 is 0 Å². The van der Waals surface area contributed by atoms with E-state index < -0.39 is 0 Å². The van der Waals surface area contributed by atoms with E-state index in [-0.39, 0.29) is 5.91 Å². The Morgan fingerprint density at radius 3 is 2.90 bits per heavy atom. The fourth-order valence-electron chi connectivity index (χ4n) is 3.28. The van der Waals surface area contributed by atoms with Gasteiger partial charge in [-0.05, 0) is 37.1 Å². The van der Waals surface area contributed by atoms with Crippen LogP contribution in [0.5, 0.6) is 0 Å². The van der Waals surface area contributed by atoms with E-state index in [4.69, 9.17) is 4.74 Å². The Bertz CT molecular complexity index is 443. The van der Waals surface area contributed by atoms with Gasteiger partial charge in [0, 0.05) is 37.6 Å². The molecule has 2 aliphatic rings. The molecular formula is C16H24N2O2S. The first-order chi connectivity index (χ1) is 10.3. The van der Waals surface area contributed by atoms with Crippen molar-refractivity contribution in [3.05, 3.63) is 22.4 Å². The highest BCUT2D eigenvalue weighted by molar-refractivity contribution is 7.08. The summed E-state index contributed by atoms with van der Waals surface area (Å²) in [6.07, 6.45) is 4.64. The van der Waals surface area contributed by atoms with Gasteiger partial charge in [0.25, 0.3) is 5.91 Å². The molecule has 2 aliphatic heterocycles. The number of ether oxygens (including phenoxy) is 1. The zero-order chi connectivity index (χ0) is 14.5. The van der Waals surface area contributed by atoms with E-state index in [1.807, 2.05) is 16.8 Å². The molecule has 4 nitrogen and oxygen atoms in total. The van der Waals surface area contributed by atoms with E-state index in [0.29, 0.717) is 6.04 Å². The molecule has 0 spiro atoms. The van der Waals surface area contributed by atoms with Crippen molar-refractivity contribution in [3.8, 4) is 0 Å². The predicted octanol–water partition coefficient (Wildman–Crippen LogP) is 2.47. The molecule has 0 radical (unpaired) electrons. The molecule has 116 valence electrons. The Hall–Kier alpha value is -0.910. The normalized spacial score (nSPS) is 24.2. The lowest BCUT2D eigenvalue weighted by molar-refractivity contribution is 0.0296. The van der Waals surface area contributed by atoms with Crippen molar-refractivity contribution in [1.29, 1.82) is 0 Å². The van der Waals surface area contributed by atoms with Crippen LogP contribution in [0.15, 0.2) is 16.8 Å². The maximum Gasteiger partial charge on any atom is 0.254 e. The van der Waals surface area contributed by atoms with Gasteiger partial charge in [0.1, 0.15) is 0 Å². The average Bonchev–Trinajstić information content (AvgIpc) is 3.08. The van der Waals surface area contributed by atoms with Gasteiger partial charge in [0.15, 0.2) is 0 Å². The summed E-state index contributed by atoms with van der Waals surface area (Å²) in [6.45, 7) is 5.77. The molecule has 1 aromatic rings. The minimum atomic E-state index is 0.225. The van der Waals surface area contributed by atoms with Crippen LogP contribution in [0.2, 0.25) is 0 Å². The van der Waals surface area contributed by atoms with Crippen molar-refractivity contribution < 1.29 is 9.53 Å². The lowest BCUT2D eigenvalue weighted by atomic mass is 9.98. The number of rotatable bonds is 4. The summed E-state index contributed by atoms with van der Waals surface area (Å²) < 4.78 is 5.39. The van der Waals surface area contributed by atoms with Crippen LogP contribution < -0.4 is 0 Å². The molecule has 0 bridgehead atoms. The molecule has 0 aliphatic carbocycles. The number of hydrogen-bond acceptors (Lipinski definition) is 4. The number of likely N-dealkylation sites (tertiary alicyclic amines) is 1. The molecule has 3 rings (SSSR count). The van der Waals surface area contributed by atoms with Crippen molar-refractivity contribution in [3.63, 3.8) is 0 Å². The van der Waals surface area contributed by atoms with E-state index in [2.05, 4.69) is 9.80 Å². The summed E-state index contributed by atoms with van der Waals surface area (Å²) >= 11 is 1.60. The van der Waals surface area contributed by atoms with Crippen LogP contribution in [-0.4, -0.2) is 61.1 Å². The highest BCUT2D eigenvalue weighted by atomic mass is 32.1. The quantitative estimate of drug-likeness (QED) is 0.856. The molecule has 0 aromatic carbocycles. The summed E-state index contributed by atoms with van der Waals surface area (Å²) in [5.41, 5.74) is 0.860. The van der Waals surface area contributed by atoms with Crippen molar-refractivity contribution in [1.82, 2.24) is 9.80 Å². The van der Waals surface area contributed by atoms with E-state index in [0.717, 1.165) is 64.2 Å². The molecule has 0 N–H and O–H groups in total. The Kier molecular flexibility index (Phi) is 5.27. The van der Waals surface area contributed by atoms with Crippen LogP contribution in [0.25, 0.3) is 0 Å². The number of hydrogen-bond donors (Lipinski definition) is 0. The van der Waals surface area contributed by atoms with Crippen molar-refractivity contribution in [2.45, 2.75) is 31.7 Å². The lowest BCUT2D eigenvalue weighted by Gasteiger charge is -2.37. The minimum absolute atomic E-state index is 0.225. The van der Waals surface area contributed by atoms with Crippen molar-refractivity contribution in [2.24, 2.45) is 0 Å². The summed E-state index contributed by atoms with van der Waals surface area (Å²) in [6, 6.07) is 2.36. The molecule has 0 saturated carbocycles. The Morgan fingerprint density at radius 1 is 1.29 bits per heavy atom. The summed E-state index contributed by atoms with van der Waals surface area (Å²) in [5.74, 6) is 0.225. The number of carbonyl (C=O) groups is 1. The van der Waals surface area contributed by atoms with Gasteiger partial charge in [0.05, 0.1) is 18.8 Å². The molecule has 1 atom stereocenters. The van der Waals surface area contributed by atoms with Crippen LogP contribution in [-0.2, 0) is 4.74 Å². The molecule has 0 unspecified atom stereocenters. The lowest BCUT2D eigenvalue weighted by Crippen LogP contribution is -2.46. The highest BCUT2D eigenvalue weighted by Crippen LogP contribution is 2.23. The van der Waals surface area contributed by atoms with Gasteiger partial charge in [-0.25, -0.2) is 0 Å². The summed E-state index contributed by atoms with van der Waals surface area (Å²) in [7, 11) is 0. The van der Waals surface area contributed by atoms with Gasteiger partial charge in [-0.15, -0.1) is 0 Å². The molecule has 1 aromatic heterocycles. The number of amides is 1. The van der Waals surface area contributed by atoms with E-state index in [9.17, 15) is 4.79 Å². The van der Waals surface area contributed by atoms with E-state index in [1.165, 1.54) is 6.42 Å². The van der Waals surface area contributed by atoms with Gasteiger partial charge in [-0.2, -0.15) is 11.3 Å². The number of carbonyl (C=O) groups excluding carboxylic acids is 1. The largest absolute Gasteiger partial charge is 0.379 e. The molecule has 21 heavy (non-hydrogen) atoms. The average molecular weight is 308 g/mol. The first kappa shape index (κ1) is 15.0. The summed E-state index contributed by atoms with van der Waals surface area (Å²) in [4.78, 5) is 17.2. The maximum atomic E-state index is 12.6. The second-order valence-corrected chi connectivity index (χ2v) is 6.68. The van der Waals surface area contributed by atoms with Crippen LogP contribution in [0.3, 0.4) is 0 Å². The second kappa shape index (κ2) is 7.38. The molecule has 1 amide bonds. The van der Waals surface area contributed by atoms with Crippen molar-refractivity contribution >= 4 is 17.2 Å². The topological polar surface area (TPSA) is 32.8 Å². The zero-order valence-corrected chi connectivity index (χ0v) is 13.3. The number of piperidine rings is 1. The summed E-state index contributed by atoms with van der Waals surface area (Å²) in [5, 5.41) is 3.95. The van der Waals surface area contributed by atoms with E-state index in [1.54, 1.807) is 11.3 Å². The van der Waals surface area contributed by atoms with Crippen molar-refractivity contribution in [2.75, 3.05) is 39.4 Å². The van der Waals surface area contributed by atoms with Gasteiger partial charge < -0.3 is 9.64 Å². The third-order valence-electron chi connectivity index (χ3n) is 4.54. The van der Waals surface area contributed by atoms with Crippen LogP contribution >= 0.6 is 11.3 Å².